The molecule has 0 saturated carbocycles. The first-order chi connectivity index (χ1) is 17.3. The SMILES string of the molecule is O=C(NC[C@@]1(C(=O)NCc2ccc(Nc3ccccc3C(F)(F)F)cc2)CCOC1)c1ccncc1. The van der Waals surface area contributed by atoms with E-state index in [4.69, 9.17) is 4.74 Å². The molecule has 3 N–H and O–H groups in total. The molecule has 1 aliphatic heterocycles. The Balaban J connectivity index is 1.35. The number of hydrogen-bond acceptors (Lipinski definition) is 5. The predicted molar refractivity (Wildman–Crippen MR) is 127 cm³/mol. The number of rotatable bonds is 8. The molecule has 2 amide bonds. The molecule has 1 atom stereocenters. The Labute approximate surface area is 206 Å². The molecule has 2 heterocycles. The molecule has 2 aromatic carbocycles. The van der Waals surface area contributed by atoms with Crippen LogP contribution in [-0.2, 0) is 22.3 Å². The van der Waals surface area contributed by atoms with Crippen LogP contribution in [0.1, 0.15) is 27.9 Å². The number of hydrogen-bond donors (Lipinski definition) is 3. The van der Waals surface area contributed by atoms with E-state index in [1.807, 2.05) is 0 Å². The molecule has 0 unspecified atom stereocenters. The number of nitrogens with zero attached hydrogens (tertiary/aromatic N) is 1. The fourth-order valence-corrected chi connectivity index (χ4v) is 3.93. The van der Waals surface area contributed by atoms with Crippen LogP contribution >= 0.6 is 0 Å². The maximum Gasteiger partial charge on any atom is 0.418 e. The first kappa shape index (κ1) is 25.2. The van der Waals surface area contributed by atoms with E-state index < -0.39 is 17.2 Å². The van der Waals surface area contributed by atoms with Crippen molar-refractivity contribution in [2.24, 2.45) is 5.41 Å². The standard InChI is InChI=1S/C26H25F3N4O3/c27-26(28,29)21-3-1-2-4-22(21)33-20-7-5-18(6-8-20)15-31-24(35)25(11-14-36-17-25)16-32-23(34)19-9-12-30-13-10-19/h1-10,12-13,33H,11,14-17H2,(H,31,35)(H,32,34)/t25-/m0/s1. The summed E-state index contributed by atoms with van der Waals surface area (Å²) in [4.78, 5) is 29.3. The van der Waals surface area contributed by atoms with Gasteiger partial charge in [-0.05, 0) is 48.4 Å². The van der Waals surface area contributed by atoms with Gasteiger partial charge in [-0.15, -0.1) is 0 Å². The molecule has 188 valence electrons. The van der Waals surface area contributed by atoms with E-state index in [0.29, 0.717) is 24.3 Å². The van der Waals surface area contributed by atoms with E-state index in [0.717, 1.165) is 11.6 Å². The third kappa shape index (κ3) is 6.01. The van der Waals surface area contributed by atoms with Gasteiger partial charge in [0.2, 0.25) is 5.91 Å². The fraction of sp³-hybridized carbons (Fsp3) is 0.269. The highest BCUT2D eigenvalue weighted by atomic mass is 19.4. The molecule has 0 radical (unpaired) electrons. The highest BCUT2D eigenvalue weighted by Crippen LogP contribution is 2.36. The van der Waals surface area contributed by atoms with Crippen molar-refractivity contribution in [3.8, 4) is 0 Å². The maximum atomic E-state index is 13.2. The zero-order valence-corrected chi connectivity index (χ0v) is 19.3. The summed E-state index contributed by atoms with van der Waals surface area (Å²) >= 11 is 0. The van der Waals surface area contributed by atoms with Crippen molar-refractivity contribution in [2.75, 3.05) is 25.1 Å². The van der Waals surface area contributed by atoms with Crippen LogP contribution in [0.5, 0.6) is 0 Å². The van der Waals surface area contributed by atoms with Gasteiger partial charge in [0, 0.05) is 43.3 Å². The molecule has 3 aromatic rings. The summed E-state index contributed by atoms with van der Waals surface area (Å²) in [5.41, 5.74) is 0.0376. The molecule has 10 heteroatoms. The highest BCUT2D eigenvalue weighted by molar-refractivity contribution is 5.94. The van der Waals surface area contributed by atoms with Crippen molar-refractivity contribution in [2.45, 2.75) is 19.1 Å². The number of amides is 2. The third-order valence-corrected chi connectivity index (χ3v) is 6.03. The molecule has 36 heavy (non-hydrogen) atoms. The van der Waals surface area contributed by atoms with E-state index in [9.17, 15) is 22.8 Å². The van der Waals surface area contributed by atoms with Gasteiger partial charge in [0.25, 0.3) is 5.91 Å². The Hall–Kier alpha value is -3.92. The Morgan fingerprint density at radius 3 is 2.36 bits per heavy atom. The fourth-order valence-electron chi connectivity index (χ4n) is 3.93. The lowest BCUT2D eigenvalue weighted by Crippen LogP contribution is -2.48. The number of anilines is 2. The summed E-state index contributed by atoms with van der Waals surface area (Å²) < 4.78 is 45.1. The average molecular weight is 499 g/mol. The molecule has 0 aliphatic carbocycles. The van der Waals surface area contributed by atoms with E-state index in [2.05, 4.69) is 20.9 Å². The van der Waals surface area contributed by atoms with Crippen molar-refractivity contribution >= 4 is 23.2 Å². The molecule has 1 aromatic heterocycles. The monoisotopic (exact) mass is 498 g/mol. The second-order valence-corrected chi connectivity index (χ2v) is 8.55. The van der Waals surface area contributed by atoms with E-state index >= 15 is 0 Å². The number of carbonyl (C=O) groups excluding carboxylic acids is 2. The molecule has 7 nitrogen and oxygen atoms in total. The number of carbonyl (C=O) groups is 2. The number of para-hydroxylation sites is 1. The van der Waals surface area contributed by atoms with Crippen LogP contribution in [0, 0.1) is 5.41 Å². The minimum absolute atomic E-state index is 0.0389. The average Bonchev–Trinajstić information content (AvgIpc) is 3.37. The molecule has 1 saturated heterocycles. The summed E-state index contributed by atoms with van der Waals surface area (Å²) in [5, 5.41) is 8.50. The first-order valence-corrected chi connectivity index (χ1v) is 11.3. The zero-order valence-electron chi connectivity index (χ0n) is 19.3. The Morgan fingerprint density at radius 2 is 1.69 bits per heavy atom. The summed E-state index contributed by atoms with van der Waals surface area (Å²) in [5.74, 6) is -0.539. The predicted octanol–water partition coefficient (Wildman–Crippen LogP) is 4.30. The number of pyridine rings is 1. The van der Waals surface area contributed by atoms with Crippen LogP contribution in [0.15, 0.2) is 73.1 Å². The largest absolute Gasteiger partial charge is 0.418 e. The Morgan fingerprint density at radius 1 is 0.972 bits per heavy atom. The van der Waals surface area contributed by atoms with Crippen molar-refractivity contribution in [3.05, 3.63) is 89.7 Å². The summed E-state index contributed by atoms with van der Waals surface area (Å²) in [7, 11) is 0. The van der Waals surface area contributed by atoms with Crippen LogP contribution < -0.4 is 16.0 Å². The minimum atomic E-state index is -4.47. The van der Waals surface area contributed by atoms with Crippen molar-refractivity contribution in [3.63, 3.8) is 0 Å². The third-order valence-electron chi connectivity index (χ3n) is 6.03. The van der Waals surface area contributed by atoms with Gasteiger partial charge in [-0.1, -0.05) is 24.3 Å². The lowest BCUT2D eigenvalue weighted by molar-refractivity contribution is -0.137. The van der Waals surface area contributed by atoms with Gasteiger partial charge < -0.3 is 20.7 Å². The van der Waals surface area contributed by atoms with Gasteiger partial charge in [-0.25, -0.2) is 0 Å². The number of aromatic nitrogens is 1. The molecular weight excluding hydrogens is 473 g/mol. The molecule has 1 aliphatic rings. The molecule has 0 spiro atoms. The van der Waals surface area contributed by atoms with Crippen molar-refractivity contribution in [1.82, 2.24) is 15.6 Å². The quantitative estimate of drug-likeness (QED) is 0.431. The topological polar surface area (TPSA) is 92.4 Å². The van der Waals surface area contributed by atoms with Crippen molar-refractivity contribution < 1.29 is 27.5 Å². The van der Waals surface area contributed by atoms with Crippen LogP contribution in [0.3, 0.4) is 0 Å². The second kappa shape index (κ2) is 10.8. The molecule has 1 fully saturated rings. The number of nitrogens with one attached hydrogen (secondary N) is 3. The molecule has 0 bridgehead atoms. The van der Waals surface area contributed by atoms with E-state index in [-0.39, 0.29) is 37.2 Å². The zero-order chi connectivity index (χ0) is 25.6. The molecule has 4 rings (SSSR count). The van der Waals surface area contributed by atoms with E-state index in [1.54, 1.807) is 36.4 Å². The number of alkyl halides is 3. The Bertz CT molecular complexity index is 1200. The Kier molecular flexibility index (Phi) is 7.54. The van der Waals surface area contributed by atoms with Gasteiger partial charge in [0.05, 0.1) is 23.3 Å². The van der Waals surface area contributed by atoms with Gasteiger partial charge >= 0.3 is 6.18 Å². The van der Waals surface area contributed by atoms with Gasteiger partial charge in [0.1, 0.15) is 0 Å². The van der Waals surface area contributed by atoms with E-state index in [1.165, 1.54) is 30.6 Å². The van der Waals surface area contributed by atoms with Crippen LogP contribution in [0.4, 0.5) is 24.5 Å². The van der Waals surface area contributed by atoms with Gasteiger partial charge in [-0.3, -0.25) is 14.6 Å². The first-order valence-electron chi connectivity index (χ1n) is 11.3. The summed E-state index contributed by atoms with van der Waals surface area (Å²) in [6.45, 7) is 0.953. The highest BCUT2D eigenvalue weighted by Gasteiger charge is 2.42. The lowest BCUT2D eigenvalue weighted by Gasteiger charge is -2.26. The number of ether oxygens (including phenoxy) is 1. The minimum Gasteiger partial charge on any atom is -0.380 e. The molecular formula is C26H25F3N4O3. The summed E-state index contributed by atoms with van der Waals surface area (Å²) in [6, 6.07) is 15.2. The maximum absolute atomic E-state index is 13.2. The van der Waals surface area contributed by atoms with Crippen LogP contribution in [0.25, 0.3) is 0 Å². The number of halogens is 3. The van der Waals surface area contributed by atoms with Crippen LogP contribution in [0.2, 0.25) is 0 Å². The number of benzene rings is 2. The van der Waals surface area contributed by atoms with Gasteiger partial charge in [-0.2, -0.15) is 13.2 Å². The normalized spacial score (nSPS) is 17.4. The second-order valence-electron chi connectivity index (χ2n) is 8.55. The van der Waals surface area contributed by atoms with Crippen molar-refractivity contribution in [1.29, 1.82) is 0 Å². The van der Waals surface area contributed by atoms with Gasteiger partial charge in [0.15, 0.2) is 0 Å². The summed E-state index contributed by atoms with van der Waals surface area (Å²) in [6.07, 6.45) is -0.958. The van der Waals surface area contributed by atoms with Crippen LogP contribution in [-0.4, -0.2) is 36.6 Å². The lowest BCUT2D eigenvalue weighted by atomic mass is 9.86. The smallest absolute Gasteiger partial charge is 0.380 e.